The second kappa shape index (κ2) is 8.85. The van der Waals surface area contributed by atoms with E-state index >= 15 is 0 Å². The molecule has 1 rings (SSSR count). The average molecular weight is 330 g/mol. The maximum atomic E-state index is 12.8. The number of nitrogens with one attached hydrogen (secondary N) is 1. The molecule has 1 aromatic carbocycles. The van der Waals surface area contributed by atoms with E-state index in [2.05, 4.69) is 5.32 Å². The zero-order valence-electron chi connectivity index (χ0n) is 13.0. The highest BCUT2D eigenvalue weighted by atomic mass is 32.2. The molecule has 0 bridgehead atoms. The first-order valence-electron chi connectivity index (χ1n) is 7.33. The third-order valence-electron chi connectivity index (χ3n) is 3.23. The van der Waals surface area contributed by atoms with Crippen LogP contribution < -0.4 is 5.32 Å². The van der Waals surface area contributed by atoms with Crippen molar-refractivity contribution in [1.82, 2.24) is 9.62 Å². The fourth-order valence-electron chi connectivity index (χ4n) is 1.98. The first-order valence-corrected chi connectivity index (χ1v) is 9.18. The number of carbonyl (C=O) groups is 1. The average Bonchev–Trinajstić information content (AvgIpc) is 2.45. The second-order valence-corrected chi connectivity index (χ2v) is 7.11. The van der Waals surface area contributed by atoms with Crippen LogP contribution in [0.15, 0.2) is 24.3 Å². The minimum Gasteiger partial charge on any atom is -0.351 e. The number of nitrogens with zero attached hydrogens (tertiary/aromatic N) is 1. The van der Waals surface area contributed by atoms with Gasteiger partial charge < -0.3 is 5.32 Å². The fraction of sp³-hybridized carbons (Fsp3) is 0.533. The molecule has 1 amide bonds. The van der Waals surface area contributed by atoms with Crippen LogP contribution in [0.4, 0.5) is 4.39 Å². The van der Waals surface area contributed by atoms with Crippen molar-refractivity contribution in [3.8, 4) is 0 Å². The van der Waals surface area contributed by atoms with E-state index in [9.17, 15) is 17.6 Å². The molecule has 124 valence electrons. The number of hydrogen-bond acceptors (Lipinski definition) is 3. The smallest absolute Gasteiger partial charge is 0.251 e. The summed E-state index contributed by atoms with van der Waals surface area (Å²) in [6.07, 6.45) is 3.95. The number of amides is 1. The first kappa shape index (κ1) is 18.6. The van der Waals surface area contributed by atoms with Gasteiger partial charge in [-0.25, -0.2) is 17.1 Å². The summed E-state index contributed by atoms with van der Waals surface area (Å²) in [6.45, 7) is 2.96. The predicted molar refractivity (Wildman–Crippen MR) is 84.7 cm³/mol. The van der Waals surface area contributed by atoms with Crippen molar-refractivity contribution >= 4 is 15.9 Å². The van der Waals surface area contributed by atoms with E-state index in [1.165, 1.54) is 34.8 Å². The van der Waals surface area contributed by atoms with E-state index in [0.29, 0.717) is 12.1 Å². The van der Waals surface area contributed by atoms with E-state index in [0.717, 1.165) is 19.3 Å². The van der Waals surface area contributed by atoms with Gasteiger partial charge in [-0.3, -0.25) is 4.79 Å². The summed E-state index contributed by atoms with van der Waals surface area (Å²) in [7, 11) is -3.28. The molecule has 0 aliphatic heterocycles. The van der Waals surface area contributed by atoms with E-state index in [1.54, 1.807) is 0 Å². The zero-order valence-corrected chi connectivity index (χ0v) is 13.8. The molecule has 0 unspecified atom stereocenters. The van der Waals surface area contributed by atoms with Crippen LogP contribution in [0.3, 0.4) is 0 Å². The molecule has 0 fully saturated rings. The molecule has 0 spiro atoms. The van der Waals surface area contributed by atoms with Crippen molar-refractivity contribution < 1.29 is 17.6 Å². The molecule has 0 aliphatic carbocycles. The van der Waals surface area contributed by atoms with Crippen LogP contribution in [0.25, 0.3) is 0 Å². The van der Waals surface area contributed by atoms with Crippen LogP contribution in [0.2, 0.25) is 0 Å². The van der Waals surface area contributed by atoms with E-state index in [-0.39, 0.29) is 19.0 Å². The van der Waals surface area contributed by atoms with Gasteiger partial charge in [0.05, 0.1) is 6.26 Å². The summed E-state index contributed by atoms with van der Waals surface area (Å²) in [6, 6.07) is 5.20. The van der Waals surface area contributed by atoms with Crippen molar-refractivity contribution in [3.05, 3.63) is 35.6 Å². The molecule has 0 aromatic heterocycles. The standard InChI is InChI=1S/C15H23FN2O3S/c1-3-4-5-11-18(22(2,20)21)12-10-17-15(19)13-6-8-14(16)9-7-13/h6-9H,3-5,10-12H2,1-2H3,(H,17,19). The van der Waals surface area contributed by atoms with Crippen LogP contribution in [0.1, 0.15) is 36.5 Å². The summed E-state index contributed by atoms with van der Waals surface area (Å²) in [5, 5.41) is 2.64. The van der Waals surface area contributed by atoms with E-state index in [1.807, 2.05) is 6.92 Å². The van der Waals surface area contributed by atoms with Crippen LogP contribution in [0, 0.1) is 5.82 Å². The summed E-state index contributed by atoms with van der Waals surface area (Å²) in [5.74, 6) is -0.752. The predicted octanol–water partition coefficient (Wildman–Crippen LogP) is 2.01. The molecule has 1 N–H and O–H groups in total. The van der Waals surface area contributed by atoms with Crippen molar-refractivity contribution in [3.63, 3.8) is 0 Å². The fourth-order valence-corrected chi connectivity index (χ4v) is 2.86. The van der Waals surface area contributed by atoms with Crippen LogP contribution in [-0.2, 0) is 10.0 Å². The summed E-state index contributed by atoms with van der Waals surface area (Å²) in [4.78, 5) is 11.8. The Kier molecular flexibility index (Phi) is 7.47. The minimum absolute atomic E-state index is 0.218. The van der Waals surface area contributed by atoms with Gasteiger partial charge in [-0.2, -0.15) is 0 Å². The monoisotopic (exact) mass is 330 g/mol. The van der Waals surface area contributed by atoms with Gasteiger partial charge in [-0.1, -0.05) is 19.8 Å². The van der Waals surface area contributed by atoms with E-state index in [4.69, 9.17) is 0 Å². The number of hydrogen-bond donors (Lipinski definition) is 1. The molecule has 0 saturated carbocycles. The van der Waals surface area contributed by atoms with Gasteiger partial charge >= 0.3 is 0 Å². The lowest BCUT2D eigenvalue weighted by molar-refractivity contribution is 0.0951. The highest BCUT2D eigenvalue weighted by molar-refractivity contribution is 7.88. The number of sulfonamides is 1. The lowest BCUT2D eigenvalue weighted by Gasteiger charge is -2.20. The highest BCUT2D eigenvalue weighted by Gasteiger charge is 2.16. The van der Waals surface area contributed by atoms with Crippen molar-refractivity contribution in [2.24, 2.45) is 0 Å². The Morgan fingerprint density at radius 2 is 1.82 bits per heavy atom. The molecule has 0 aliphatic rings. The molecule has 0 atom stereocenters. The Morgan fingerprint density at radius 1 is 1.18 bits per heavy atom. The van der Waals surface area contributed by atoms with Gasteiger partial charge in [0, 0.05) is 25.2 Å². The quantitative estimate of drug-likeness (QED) is 0.704. The third kappa shape index (κ3) is 6.53. The summed E-state index contributed by atoms with van der Waals surface area (Å²) in [5.41, 5.74) is 0.346. The first-order chi connectivity index (χ1) is 10.3. The minimum atomic E-state index is -3.28. The Balaban J connectivity index is 2.48. The normalized spacial score (nSPS) is 11.6. The second-order valence-electron chi connectivity index (χ2n) is 5.13. The number of rotatable bonds is 9. The van der Waals surface area contributed by atoms with Gasteiger partial charge in [-0.15, -0.1) is 0 Å². The molecule has 1 aromatic rings. The number of unbranched alkanes of at least 4 members (excludes halogenated alkanes) is 2. The molecule has 0 saturated heterocycles. The maximum Gasteiger partial charge on any atom is 0.251 e. The lowest BCUT2D eigenvalue weighted by Crippen LogP contribution is -2.38. The van der Waals surface area contributed by atoms with Crippen LogP contribution >= 0.6 is 0 Å². The van der Waals surface area contributed by atoms with Gasteiger partial charge in [-0.05, 0) is 30.7 Å². The van der Waals surface area contributed by atoms with Crippen molar-refractivity contribution in [2.75, 3.05) is 25.9 Å². The lowest BCUT2D eigenvalue weighted by atomic mass is 10.2. The van der Waals surface area contributed by atoms with Crippen molar-refractivity contribution in [1.29, 1.82) is 0 Å². The molecule has 0 heterocycles. The molecule has 0 radical (unpaired) electrons. The summed E-state index contributed by atoms with van der Waals surface area (Å²) >= 11 is 0. The number of halogens is 1. The SMILES string of the molecule is CCCCCN(CCNC(=O)c1ccc(F)cc1)S(C)(=O)=O. The van der Waals surface area contributed by atoms with Gasteiger partial charge in [0.25, 0.3) is 5.91 Å². The topological polar surface area (TPSA) is 66.5 Å². The molecular weight excluding hydrogens is 307 g/mol. The van der Waals surface area contributed by atoms with E-state index < -0.39 is 15.8 Å². The van der Waals surface area contributed by atoms with Gasteiger partial charge in [0.2, 0.25) is 10.0 Å². The Morgan fingerprint density at radius 3 is 2.36 bits per heavy atom. The molecule has 22 heavy (non-hydrogen) atoms. The molecule has 5 nitrogen and oxygen atoms in total. The van der Waals surface area contributed by atoms with Gasteiger partial charge in [0.15, 0.2) is 0 Å². The Labute approximate surface area is 131 Å². The van der Waals surface area contributed by atoms with Crippen LogP contribution in [-0.4, -0.2) is 44.5 Å². The highest BCUT2D eigenvalue weighted by Crippen LogP contribution is 2.04. The molecular formula is C15H23FN2O3S. The number of benzene rings is 1. The Hall–Kier alpha value is -1.47. The van der Waals surface area contributed by atoms with Crippen molar-refractivity contribution in [2.45, 2.75) is 26.2 Å². The van der Waals surface area contributed by atoms with Gasteiger partial charge in [0.1, 0.15) is 5.82 Å². The Bertz CT molecular complexity index is 573. The molecule has 7 heteroatoms. The largest absolute Gasteiger partial charge is 0.351 e. The number of carbonyl (C=O) groups excluding carboxylic acids is 1. The maximum absolute atomic E-state index is 12.8. The summed E-state index contributed by atoms with van der Waals surface area (Å²) < 4.78 is 37.5. The third-order valence-corrected chi connectivity index (χ3v) is 4.54. The zero-order chi connectivity index (χ0) is 16.6. The van der Waals surface area contributed by atoms with Crippen LogP contribution in [0.5, 0.6) is 0 Å².